The molecule has 0 unspecified atom stereocenters. The van der Waals surface area contributed by atoms with Crippen molar-refractivity contribution in [2.45, 2.75) is 331 Å². The summed E-state index contributed by atoms with van der Waals surface area (Å²) in [5, 5.41) is 24.3. The van der Waals surface area contributed by atoms with E-state index >= 15 is 38.4 Å². The van der Waals surface area contributed by atoms with Gasteiger partial charge < -0.3 is 63.1 Å². The van der Waals surface area contributed by atoms with Gasteiger partial charge in [-0.2, -0.15) is 0 Å². The second kappa shape index (κ2) is 43.5. The molecular weight excluding hydrogens is 1690 g/mol. The molecule has 32 heteroatoms. The Labute approximate surface area is 758 Å². The number of rotatable bonds is 36. The van der Waals surface area contributed by atoms with Crippen LogP contribution in [0, 0.1) is 5.92 Å². The number of nitrogens with one attached hydrogen (secondary N) is 9. The predicted octanol–water partition coefficient (Wildman–Crippen LogP) is 11.8. The van der Waals surface area contributed by atoms with Gasteiger partial charge in [0.1, 0.15) is 78.2 Å². The van der Waals surface area contributed by atoms with Crippen molar-refractivity contribution in [3.05, 3.63) is 119 Å². The van der Waals surface area contributed by atoms with Gasteiger partial charge in [-0.15, -0.1) is 0 Å². The number of carbonyl (C=O) groups is 14. The molecule has 0 spiro atoms. The van der Waals surface area contributed by atoms with Crippen LogP contribution >= 0.6 is 12.1 Å². The van der Waals surface area contributed by atoms with Crippen LogP contribution in [0.1, 0.15) is 266 Å². The average molecular weight is 1830 g/mol. The van der Waals surface area contributed by atoms with Gasteiger partial charge in [-0.05, 0) is 213 Å². The van der Waals surface area contributed by atoms with E-state index in [4.69, 9.17) is 38.8 Å². The molecule has 6 aliphatic rings. The molecule has 9 atom stereocenters. The minimum absolute atomic E-state index is 0.0515. The third-order valence-corrected chi connectivity index (χ3v) is 40.3. The normalized spacial score (nSPS) is 18.2. The van der Waals surface area contributed by atoms with Crippen molar-refractivity contribution < 1.29 is 76.6 Å². The van der Waals surface area contributed by atoms with Gasteiger partial charge in [-0.1, -0.05) is 218 Å². The lowest BCUT2D eigenvalue weighted by Crippen LogP contribution is -2.66. The minimum Gasteiger partial charge on any atom is -0.448 e. The monoisotopic (exact) mass is 1820 g/mol. The van der Waals surface area contributed by atoms with Crippen LogP contribution in [0.5, 0.6) is 0 Å². The number of nitrogens with zero attached hydrogens (tertiary/aromatic N) is 2. The molecule has 11 N–H and O–H groups in total. The zero-order chi connectivity index (χ0) is 92.8. The highest BCUT2D eigenvalue weighted by Crippen LogP contribution is 2.65. The molecular formula is C95H134N12O16P2S2. The Morgan fingerprint density at radius 3 is 1.06 bits per heavy atom. The molecule has 0 saturated heterocycles. The van der Waals surface area contributed by atoms with Gasteiger partial charge >= 0.3 is 12.2 Å². The van der Waals surface area contributed by atoms with Crippen molar-refractivity contribution in [1.29, 1.82) is 0 Å². The van der Waals surface area contributed by atoms with Crippen LogP contribution in [0.4, 0.5) is 9.59 Å². The summed E-state index contributed by atoms with van der Waals surface area (Å²) in [4.78, 5) is 210. The van der Waals surface area contributed by atoms with Gasteiger partial charge in [0.25, 0.3) is 11.8 Å². The molecule has 0 aromatic heterocycles. The van der Waals surface area contributed by atoms with Crippen LogP contribution in [-0.4, -0.2) is 206 Å². The second-order valence-corrected chi connectivity index (χ2v) is 48.8. The highest BCUT2D eigenvalue weighted by atomic mass is 32.4. The lowest BCUT2D eigenvalue weighted by molar-refractivity contribution is -0.145. The first-order valence-corrected chi connectivity index (χ1v) is 51.9. The van der Waals surface area contributed by atoms with Crippen molar-refractivity contribution in [1.82, 2.24) is 57.7 Å². The fourth-order valence-corrected chi connectivity index (χ4v) is 31.8. The van der Waals surface area contributed by atoms with Gasteiger partial charge in [0.2, 0.25) is 59.1 Å². The molecule has 0 bridgehead atoms. The molecule has 0 heterocycles. The van der Waals surface area contributed by atoms with Crippen molar-refractivity contribution in [3.8, 4) is 22.3 Å². The third-order valence-electron chi connectivity index (χ3n) is 27.0. The fraction of sp³-hybridized carbons (Fsp3) is 0.600. The summed E-state index contributed by atoms with van der Waals surface area (Å²) in [6, 6.07) is 13.0. The van der Waals surface area contributed by atoms with E-state index in [0.717, 1.165) is 183 Å². The first-order chi connectivity index (χ1) is 60.0. The average Bonchev–Trinajstić information content (AvgIpc) is 1.72. The highest BCUT2D eigenvalue weighted by Gasteiger charge is 2.52. The number of hydrogen-bond acceptors (Lipinski definition) is 18. The van der Waals surface area contributed by atoms with E-state index in [0.29, 0.717) is 0 Å². The number of ether oxygens (including phenoxy) is 2. The lowest BCUT2D eigenvalue weighted by atomic mass is 9.97. The minimum atomic E-state index is -2.90. The molecule has 692 valence electrons. The third kappa shape index (κ3) is 23.9. The molecule has 28 nitrogen and oxygen atoms in total. The quantitative estimate of drug-likeness (QED) is 0.0189. The van der Waals surface area contributed by atoms with E-state index in [9.17, 15) is 28.8 Å². The maximum atomic E-state index is 16.5. The largest absolute Gasteiger partial charge is 0.448 e. The summed E-state index contributed by atoms with van der Waals surface area (Å²) in [7, 11) is 0. The zero-order valence-electron chi connectivity index (χ0n) is 76.3. The van der Waals surface area contributed by atoms with Crippen LogP contribution in [0.3, 0.4) is 0 Å². The number of imide groups is 2. The Hall–Kier alpha value is -9.24. The summed E-state index contributed by atoms with van der Waals surface area (Å²) in [5.74, 6) is -12.2. The number of carbonyl (C=O) groups excluding carboxylic acids is 14. The van der Waals surface area contributed by atoms with E-state index in [1.807, 2.05) is 97.1 Å². The summed E-state index contributed by atoms with van der Waals surface area (Å²) in [5.41, 5.74) is 6.73. The topological polar surface area (TPSA) is 398 Å². The summed E-state index contributed by atoms with van der Waals surface area (Å²) >= 11 is 14.3. The molecule has 10 rings (SSSR count). The molecule has 0 radical (unpaired) electrons. The molecule has 4 saturated carbocycles. The van der Waals surface area contributed by atoms with Gasteiger partial charge in [0.05, 0.1) is 0 Å². The van der Waals surface area contributed by atoms with Gasteiger partial charge in [-0.25, -0.2) is 19.4 Å². The first-order valence-electron chi connectivity index (χ1n) is 45.6. The number of primary amides is 1. The van der Waals surface area contributed by atoms with Crippen LogP contribution < -0.4 is 53.6 Å². The lowest BCUT2D eigenvalue weighted by Gasteiger charge is -2.45. The predicted molar refractivity (Wildman–Crippen MR) is 498 cm³/mol. The summed E-state index contributed by atoms with van der Waals surface area (Å²) in [6.45, 7) is 19.3. The van der Waals surface area contributed by atoms with Crippen molar-refractivity contribution >= 4 is 119 Å². The number of fused-ring (bicyclic) bond motifs is 6. The first kappa shape index (κ1) is 99.9. The summed E-state index contributed by atoms with van der Waals surface area (Å²) in [6.07, 6.45) is 14.3. The highest BCUT2D eigenvalue weighted by molar-refractivity contribution is 8.15. The van der Waals surface area contributed by atoms with Crippen LogP contribution in [-0.2, 0) is 90.6 Å². The van der Waals surface area contributed by atoms with Crippen molar-refractivity contribution in [2.75, 3.05) is 25.5 Å². The Kier molecular flexibility index (Phi) is 34.2. The number of benzene rings is 4. The van der Waals surface area contributed by atoms with Crippen LogP contribution in [0.15, 0.2) is 97.1 Å². The molecule has 6 aliphatic carbocycles. The van der Waals surface area contributed by atoms with E-state index < -0.39 is 178 Å². The van der Waals surface area contributed by atoms with E-state index in [2.05, 4.69) is 47.9 Å². The SMILES string of the molecule is CC[C@H](C)[C@H](NC(=O)[C@H](CP(=S)(C1CCCCC1)C1CCCCC1)N(C(=O)OCC1c2ccccc2-c2ccccc21)C(=O)[C@H](C)NC(=O)C(C)(C)NC(=O)[C@H](C)NC(C)=O)C(=O)N[C@@H](C)C(=O)NC(C)(C)C(=O)N(C(=O)OCC1c2ccccc2-c2ccccc21)[C@@H](CP(=S)(C1CCCCC1)C1CCCCC1)C(=O)N[C@@H](C)C(=O)NC(C)(C)C(=O)N[C@@H](C)C(N)=O. The standard InChI is InChI=1S/C95H134N12O16P2S2/c1-15-56(2)79(102-85(114)77(54-124(126,63-36-20-16-21-37-63)64-38-22-17-23-39-64)106(87(116)61(7)101-89(118)94(11,12)103-81(110)58(4)97-62(8)108)91(120)122-52-75-71-48-32-28-44-67(71)68-45-29-33-49-72(68)75)86(115)99-60(6)83(112)105-95(13,14)90(119)107(92(121)123-53-76-73-50-34-30-46-69(73)70-47-31-35-51-74(70)76)78(55-125(127,65-40-24-18-25-41-65)66-42-26-19-27-43-66)84(113)98-59(5)82(111)104-93(9,10)88(117)100-57(3)80(96)109/h28-35,44-51,56-61,63-66,75-79H,15-27,36-43,52-55H2,1-14H3,(H2,96,109)(H,97,108)(H,98,113)(H,99,115)(H,100,117)(H,101,118)(H,102,114)(H,103,110)(H,104,111)(H,105,112)/t56-,57-,58-,59-,60-,61-,77-,78-,79-/m0/s1. The van der Waals surface area contributed by atoms with Crippen molar-refractivity contribution in [2.24, 2.45) is 11.7 Å². The molecule has 4 aromatic carbocycles. The molecule has 14 amide bonds. The van der Waals surface area contributed by atoms with Crippen molar-refractivity contribution in [3.63, 3.8) is 0 Å². The fourth-order valence-electron chi connectivity index (χ4n) is 19.3. The number of amides is 14. The maximum Gasteiger partial charge on any atom is 0.417 e. The Balaban J connectivity index is 1.00. The van der Waals surface area contributed by atoms with E-state index in [1.54, 1.807) is 13.8 Å². The summed E-state index contributed by atoms with van der Waals surface area (Å²) < 4.78 is 12.8. The Bertz CT molecular complexity index is 4710. The van der Waals surface area contributed by atoms with Crippen LogP contribution in [0.25, 0.3) is 22.3 Å². The zero-order valence-corrected chi connectivity index (χ0v) is 79.7. The van der Waals surface area contributed by atoms with Gasteiger partial charge in [0.15, 0.2) is 0 Å². The molecule has 4 aromatic rings. The van der Waals surface area contributed by atoms with Crippen LogP contribution in [0.2, 0.25) is 0 Å². The van der Waals surface area contributed by atoms with Gasteiger partial charge in [0, 0.05) is 31.1 Å². The molecule has 4 fully saturated rings. The second-order valence-electron chi connectivity index (χ2n) is 37.7. The maximum absolute atomic E-state index is 16.5. The Morgan fingerprint density at radius 2 is 0.709 bits per heavy atom. The van der Waals surface area contributed by atoms with Gasteiger partial charge in [-0.3, -0.25) is 57.5 Å². The van der Waals surface area contributed by atoms with E-state index in [1.165, 1.54) is 83.1 Å². The number of nitrogens with two attached hydrogens (primary N) is 1. The molecule has 127 heavy (non-hydrogen) atoms. The smallest absolute Gasteiger partial charge is 0.417 e. The van der Waals surface area contributed by atoms with E-state index in [-0.39, 0.29) is 54.6 Å². The Morgan fingerprint density at radius 1 is 0.402 bits per heavy atom. The number of hydrogen-bond donors (Lipinski definition) is 10. The molecule has 0 aliphatic heterocycles.